The van der Waals surface area contributed by atoms with E-state index < -0.39 is 40.6 Å². The predicted octanol–water partition coefficient (Wildman–Crippen LogP) is 6.12. The van der Waals surface area contributed by atoms with Crippen LogP contribution < -0.4 is 24.4 Å². The number of esters is 2. The molecular formula is C28H19F3O9. The quantitative estimate of drug-likeness (QED) is 0.196. The number of ether oxygens (including phenoxy) is 5. The predicted molar refractivity (Wildman–Crippen MR) is 132 cm³/mol. The van der Waals surface area contributed by atoms with Crippen LogP contribution in [0.2, 0.25) is 0 Å². The van der Waals surface area contributed by atoms with Crippen molar-refractivity contribution in [3.05, 3.63) is 87.8 Å². The van der Waals surface area contributed by atoms with Gasteiger partial charge in [0.1, 0.15) is 17.1 Å². The molecule has 1 aromatic heterocycles. The summed E-state index contributed by atoms with van der Waals surface area (Å²) in [7, 11) is 0. The zero-order chi connectivity index (χ0) is 28.4. The number of carbonyl (C=O) groups excluding carboxylic acids is 2. The van der Waals surface area contributed by atoms with Gasteiger partial charge in [-0.25, -0.2) is 9.59 Å². The van der Waals surface area contributed by atoms with Crippen molar-refractivity contribution in [3.8, 4) is 28.7 Å². The Balaban J connectivity index is 1.43. The number of carbonyl (C=O) groups is 2. The van der Waals surface area contributed by atoms with Crippen molar-refractivity contribution in [1.29, 1.82) is 0 Å². The Morgan fingerprint density at radius 3 is 2.30 bits per heavy atom. The Hall–Kier alpha value is -5.00. The summed E-state index contributed by atoms with van der Waals surface area (Å²) in [6.45, 7) is 2.04. The van der Waals surface area contributed by atoms with Gasteiger partial charge in [0, 0.05) is 6.07 Å². The van der Waals surface area contributed by atoms with E-state index in [9.17, 15) is 27.6 Å². The van der Waals surface area contributed by atoms with Gasteiger partial charge in [-0.15, -0.1) is 0 Å². The van der Waals surface area contributed by atoms with Crippen LogP contribution >= 0.6 is 0 Å². The number of alkyl halides is 3. The molecule has 3 aromatic carbocycles. The number of benzene rings is 3. The highest BCUT2D eigenvalue weighted by Gasteiger charge is 2.40. The molecule has 0 amide bonds. The Morgan fingerprint density at radius 2 is 1.57 bits per heavy atom. The van der Waals surface area contributed by atoms with Crippen LogP contribution in [0.4, 0.5) is 13.2 Å². The molecule has 0 atom stereocenters. The highest BCUT2D eigenvalue weighted by molar-refractivity contribution is 5.92. The molecule has 0 bridgehead atoms. The molecule has 0 spiro atoms. The van der Waals surface area contributed by atoms with Crippen molar-refractivity contribution in [2.75, 3.05) is 13.4 Å². The molecule has 0 radical (unpaired) electrons. The third-order valence-electron chi connectivity index (χ3n) is 5.65. The van der Waals surface area contributed by atoms with Gasteiger partial charge in [0.05, 0.1) is 23.1 Å². The first-order chi connectivity index (χ1) is 19.1. The first kappa shape index (κ1) is 26.6. The maximum absolute atomic E-state index is 13.9. The molecule has 0 saturated carbocycles. The number of rotatable bonds is 7. The van der Waals surface area contributed by atoms with Crippen LogP contribution in [0.3, 0.4) is 0 Å². The molecule has 1 aliphatic heterocycles. The fourth-order valence-electron chi connectivity index (χ4n) is 3.74. The standard InChI is InChI=1S/C28H19F3O9/c1-2-11-35-26(33)15-3-6-17(7-4-15)38-24-23(32)19-9-8-18(13-21(19)40-25(24)28(29,30)31)39-27(34)16-5-10-20-22(12-16)37-14-36-20/h3-10,12-13H,2,11,14H2,1H3. The van der Waals surface area contributed by atoms with Gasteiger partial charge < -0.3 is 28.1 Å². The van der Waals surface area contributed by atoms with E-state index in [0.717, 1.165) is 12.1 Å². The summed E-state index contributed by atoms with van der Waals surface area (Å²) in [4.78, 5) is 37.6. The number of hydrogen-bond donors (Lipinski definition) is 0. The van der Waals surface area contributed by atoms with Crippen LogP contribution in [0.5, 0.6) is 28.7 Å². The Morgan fingerprint density at radius 1 is 0.875 bits per heavy atom. The largest absolute Gasteiger partial charge is 0.462 e. The van der Waals surface area contributed by atoms with Crippen molar-refractivity contribution < 1.29 is 50.9 Å². The molecule has 12 heteroatoms. The Kier molecular flexibility index (Phi) is 7.07. The molecule has 0 unspecified atom stereocenters. The van der Waals surface area contributed by atoms with Gasteiger partial charge in [-0.05, 0) is 61.0 Å². The molecule has 0 aliphatic carbocycles. The van der Waals surface area contributed by atoms with Crippen molar-refractivity contribution in [1.82, 2.24) is 0 Å². The highest BCUT2D eigenvalue weighted by atomic mass is 19.4. The number of hydrogen-bond acceptors (Lipinski definition) is 9. The molecule has 9 nitrogen and oxygen atoms in total. The minimum atomic E-state index is -5.11. The van der Waals surface area contributed by atoms with Crippen molar-refractivity contribution in [2.45, 2.75) is 19.5 Å². The third kappa shape index (κ3) is 5.41. The summed E-state index contributed by atoms with van der Waals surface area (Å²) in [6, 6.07) is 12.8. The Labute approximate surface area is 223 Å². The summed E-state index contributed by atoms with van der Waals surface area (Å²) in [6.07, 6.45) is -4.49. The van der Waals surface area contributed by atoms with Crippen LogP contribution in [0.1, 0.15) is 39.8 Å². The second kappa shape index (κ2) is 10.6. The van der Waals surface area contributed by atoms with Crippen LogP contribution in [-0.4, -0.2) is 25.3 Å². The molecule has 40 heavy (non-hydrogen) atoms. The van der Waals surface area contributed by atoms with Gasteiger partial charge in [-0.2, -0.15) is 13.2 Å². The first-order valence-corrected chi connectivity index (χ1v) is 11.9. The zero-order valence-electron chi connectivity index (χ0n) is 20.7. The highest BCUT2D eigenvalue weighted by Crippen LogP contribution is 2.39. The topological polar surface area (TPSA) is 110 Å². The van der Waals surface area contributed by atoms with Crippen LogP contribution in [-0.2, 0) is 10.9 Å². The van der Waals surface area contributed by atoms with Gasteiger partial charge in [0.15, 0.2) is 11.5 Å². The van der Waals surface area contributed by atoms with Gasteiger partial charge in [-0.3, -0.25) is 4.79 Å². The van der Waals surface area contributed by atoms with E-state index in [1.807, 2.05) is 6.92 Å². The molecular weight excluding hydrogens is 537 g/mol. The summed E-state index contributed by atoms with van der Waals surface area (Å²) in [5, 5.41) is -0.245. The van der Waals surface area contributed by atoms with E-state index in [-0.39, 0.29) is 41.4 Å². The molecule has 0 N–H and O–H groups in total. The number of halogens is 3. The lowest BCUT2D eigenvalue weighted by Gasteiger charge is -2.14. The summed E-state index contributed by atoms with van der Waals surface area (Å²) < 4.78 is 72.8. The molecule has 4 aromatic rings. The molecule has 0 fully saturated rings. The second-order valence-electron chi connectivity index (χ2n) is 8.47. The van der Waals surface area contributed by atoms with Crippen LogP contribution in [0.15, 0.2) is 69.9 Å². The monoisotopic (exact) mass is 556 g/mol. The minimum absolute atomic E-state index is 0.00374. The maximum atomic E-state index is 13.9. The van der Waals surface area contributed by atoms with Crippen molar-refractivity contribution in [2.24, 2.45) is 0 Å². The van der Waals surface area contributed by atoms with E-state index in [2.05, 4.69) is 0 Å². The minimum Gasteiger partial charge on any atom is -0.462 e. The van der Waals surface area contributed by atoms with Gasteiger partial charge in [0.2, 0.25) is 18.0 Å². The lowest BCUT2D eigenvalue weighted by Crippen LogP contribution is -2.16. The summed E-state index contributed by atoms with van der Waals surface area (Å²) in [5.41, 5.74) is -1.32. The average molecular weight is 556 g/mol. The Bertz CT molecular complexity index is 1660. The van der Waals surface area contributed by atoms with E-state index in [4.69, 9.17) is 28.1 Å². The van der Waals surface area contributed by atoms with Crippen LogP contribution in [0, 0.1) is 0 Å². The fraction of sp³-hybridized carbons (Fsp3) is 0.179. The average Bonchev–Trinajstić information content (AvgIpc) is 3.41. The number of fused-ring (bicyclic) bond motifs is 2. The van der Waals surface area contributed by atoms with E-state index in [1.54, 1.807) is 0 Å². The first-order valence-electron chi connectivity index (χ1n) is 11.9. The lowest BCUT2D eigenvalue weighted by molar-refractivity contribution is -0.154. The SMILES string of the molecule is CCCOC(=O)c1ccc(Oc2c(C(F)(F)F)oc3cc(OC(=O)c4ccc5c(c4)OCO5)ccc3c2=O)cc1. The van der Waals surface area contributed by atoms with Crippen LogP contribution in [0.25, 0.3) is 11.0 Å². The molecule has 5 rings (SSSR count). The lowest BCUT2D eigenvalue weighted by atomic mass is 10.2. The van der Waals surface area contributed by atoms with Crippen molar-refractivity contribution >= 4 is 22.9 Å². The normalized spacial score (nSPS) is 12.3. The second-order valence-corrected chi connectivity index (χ2v) is 8.47. The molecule has 1 aliphatic rings. The summed E-state index contributed by atoms with van der Waals surface area (Å²) in [5.74, 6) is -3.71. The maximum Gasteiger partial charge on any atom is 0.453 e. The third-order valence-corrected chi connectivity index (χ3v) is 5.65. The zero-order valence-corrected chi connectivity index (χ0v) is 20.7. The molecule has 206 valence electrons. The van der Waals surface area contributed by atoms with Gasteiger partial charge >= 0.3 is 18.1 Å². The van der Waals surface area contributed by atoms with E-state index in [1.165, 1.54) is 48.5 Å². The molecule has 0 saturated heterocycles. The van der Waals surface area contributed by atoms with Gasteiger partial charge in [0.25, 0.3) is 5.76 Å². The molecule has 2 heterocycles. The van der Waals surface area contributed by atoms with Gasteiger partial charge in [-0.1, -0.05) is 6.92 Å². The van der Waals surface area contributed by atoms with Crippen molar-refractivity contribution in [3.63, 3.8) is 0 Å². The van der Waals surface area contributed by atoms with E-state index in [0.29, 0.717) is 17.9 Å². The summed E-state index contributed by atoms with van der Waals surface area (Å²) >= 11 is 0. The fourth-order valence-corrected chi connectivity index (χ4v) is 3.74. The van der Waals surface area contributed by atoms with E-state index >= 15 is 0 Å². The smallest absolute Gasteiger partial charge is 0.453 e.